The molecule has 0 aromatic heterocycles. The molecule has 1 aromatic rings. The van der Waals surface area contributed by atoms with Crippen LogP contribution in [0, 0.1) is 0 Å². The fraction of sp³-hybridized carbons (Fsp3) is 0.600. The summed E-state index contributed by atoms with van der Waals surface area (Å²) in [6, 6.07) is 7.92. The van der Waals surface area contributed by atoms with Gasteiger partial charge in [-0.1, -0.05) is 23.8 Å². The quantitative estimate of drug-likeness (QED) is 0.315. The van der Waals surface area contributed by atoms with E-state index in [-0.39, 0.29) is 12.2 Å². The maximum absolute atomic E-state index is 6.30. The Labute approximate surface area is 182 Å². The van der Waals surface area contributed by atoms with Gasteiger partial charge in [0.05, 0.1) is 32.0 Å². The van der Waals surface area contributed by atoms with Crippen molar-refractivity contribution in [2.75, 3.05) is 20.3 Å². The van der Waals surface area contributed by atoms with Gasteiger partial charge in [0.25, 0.3) is 0 Å². The van der Waals surface area contributed by atoms with E-state index < -0.39 is 11.4 Å². The third-order valence-electron chi connectivity index (χ3n) is 5.26. The summed E-state index contributed by atoms with van der Waals surface area (Å²) in [4.78, 5) is 0. The molecule has 2 rings (SSSR count). The average Bonchev–Trinajstić information content (AvgIpc) is 3.00. The molecule has 1 saturated heterocycles. The Morgan fingerprint density at radius 2 is 1.93 bits per heavy atom. The normalized spacial score (nSPS) is 22.4. The predicted octanol–water partition coefficient (Wildman–Crippen LogP) is 5.44. The van der Waals surface area contributed by atoms with Crippen LogP contribution in [0.15, 0.2) is 49.1 Å². The second kappa shape index (κ2) is 11.1. The van der Waals surface area contributed by atoms with Crippen LogP contribution in [0.25, 0.3) is 0 Å². The zero-order chi connectivity index (χ0) is 22.2. The van der Waals surface area contributed by atoms with Gasteiger partial charge in [0.1, 0.15) is 11.9 Å². The minimum atomic E-state index is -0.644. The summed E-state index contributed by atoms with van der Waals surface area (Å²) >= 11 is 0. The van der Waals surface area contributed by atoms with Crippen LogP contribution in [-0.4, -0.2) is 43.9 Å². The molecule has 1 fully saturated rings. The van der Waals surface area contributed by atoms with Crippen molar-refractivity contribution in [1.29, 1.82) is 0 Å². The van der Waals surface area contributed by atoms with Gasteiger partial charge in [-0.2, -0.15) is 0 Å². The third kappa shape index (κ3) is 7.24. The van der Waals surface area contributed by atoms with Crippen LogP contribution in [0.4, 0.5) is 0 Å². The van der Waals surface area contributed by atoms with Crippen molar-refractivity contribution in [2.24, 2.45) is 0 Å². The highest BCUT2D eigenvalue weighted by Crippen LogP contribution is 2.40. The molecule has 5 heteroatoms. The van der Waals surface area contributed by atoms with Crippen molar-refractivity contribution < 1.29 is 23.7 Å². The number of rotatable bonds is 13. The zero-order valence-corrected chi connectivity index (χ0v) is 19.2. The zero-order valence-electron chi connectivity index (χ0n) is 19.2. The number of methoxy groups -OCH3 is 1. The molecule has 0 saturated carbocycles. The Kier molecular flexibility index (Phi) is 9.10. The minimum Gasteiger partial charge on any atom is -0.497 e. The molecule has 0 spiro atoms. The standard InChI is InChI=1S/C25H38O5/c1-8-15-28-25(6,23-22(17-19(2)3)29-24(4,5)30-23)14-9-16-27-18-20-10-12-21(26-7)13-11-20/h8,10-13,22-23H,1-2,9,14-18H2,3-7H3/t22-,23+,25+/m0/s1. The van der Waals surface area contributed by atoms with E-state index in [2.05, 4.69) is 20.1 Å². The molecule has 1 aliphatic heterocycles. The van der Waals surface area contributed by atoms with E-state index in [1.165, 1.54) is 0 Å². The van der Waals surface area contributed by atoms with Crippen LogP contribution < -0.4 is 4.74 Å². The first-order valence-electron chi connectivity index (χ1n) is 10.6. The topological polar surface area (TPSA) is 46.2 Å². The molecule has 0 aliphatic carbocycles. The van der Waals surface area contributed by atoms with Crippen LogP contribution >= 0.6 is 0 Å². The highest BCUT2D eigenvalue weighted by atomic mass is 16.8. The van der Waals surface area contributed by atoms with E-state index in [1.54, 1.807) is 13.2 Å². The number of hydrogen-bond donors (Lipinski definition) is 0. The van der Waals surface area contributed by atoms with Gasteiger partial charge in [-0.15, -0.1) is 13.2 Å². The first-order chi connectivity index (χ1) is 14.2. The van der Waals surface area contributed by atoms with Gasteiger partial charge < -0.3 is 23.7 Å². The maximum atomic E-state index is 6.30. The summed E-state index contributed by atoms with van der Waals surface area (Å²) in [7, 11) is 1.66. The molecule has 0 amide bonds. The smallest absolute Gasteiger partial charge is 0.163 e. The second-order valence-corrected chi connectivity index (χ2v) is 8.67. The van der Waals surface area contributed by atoms with Gasteiger partial charge in [-0.3, -0.25) is 0 Å². The monoisotopic (exact) mass is 418 g/mol. The maximum Gasteiger partial charge on any atom is 0.163 e. The van der Waals surface area contributed by atoms with Crippen LogP contribution in [-0.2, 0) is 25.6 Å². The second-order valence-electron chi connectivity index (χ2n) is 8.67. The lowest BCUT2D eigenvalue weighted by molar-refractivity contribution is -0.179. The van der Waals surface area contributed by atoms with Gasteiger partial charge in [-0.05, 0) is 64.7 Å². The lowest BCUT2D eigenvalue weighted by Gasteiger charge is -2.37. The fourth-order valence-corrected chi connectivity index (χ4v) is 3.83. The Hall–Kier alpha value is -1.66. The Balaban J connectivity index is 1.94. The largest absolute Gasteiger partial charge is 0.497 e. The van der Waals surface area contributed by atoms with Crippen molar-refractivity contribution in [1.82, 2.24) is 0 Å². The predicted molar refractivity (Wildman–Crippen MR) is 120 cm³/mol. The molecular formula is C25H38O5. The summed E-state index contributed by atoms with van der Waals surface area (Å²) in [6.07, 6.45) is 3.88. The van der Waals surface area contributed by atoms with E-state index in [0.717, 1.165) is 36.1 Å². The van der Waals surface area contributed by atoms with Crippen molar-refractivity contribution in [3.8, 4) is 5.75 Å². The number of ether oxygens (including phenoxy) is 5. The molecule has 0 bridgehead atoms. The van der Waals surface area contributed by atoms with Gasteiger partial charge >= 0.3 is 0 Å². The Morgan fingerprint density at radius 1 is 1.23 bits per heavy atom. The van der Waals surface area contributed by atoms with E-state index in [4.69, 9.17) is 23.7 Å². The highest BCUT2D eigenvalue weighted by molar-refractivity contribution is 5.26. The minimum absolute atomic E-state index is 0.0902. The summed E-state index contributed by atoms with van der Waals surface area (Å²) in [5.41, 5.74) is 1.68. The van der Waals surface area contributed by atoms with Crippen molar-refractivity contribution in [3.63, 3.8) is 0 Å². The SMILES string of the molecule is C=CCO[C@](C)(CCCOCc1ccc(OC)cc1)[C@@H]1OC(C)(C)O[C@H]1CC(=C)C. The van der Waals surface area contributed by atoms with Crippen LogP contribution in [0.2, 0.25) is 0 Å². The first-order valence-corrected chi connectivity index (χ1v) is 10.6. The molecule has 0 radical (unpaired) electrons. The van der Waals surface area contributed by atoms with Crippen LogP contribution in [0.3, 0.4) is 0 Å². The molecule has 168 valence electrons. The number of benzene rings is 1. The fourth-order valence-electron chi connectivity index (χ4n) is 3.83. The molecule has 3 atom stereocenters. The molecular weight excluding hydrogens is 380 g/mol. The molecule has 30 heavy (non-hydrogen) atoms. The van der Waals surface area contributed by atoms with E-state index >= 15 is 0 Å². The molecule has 0 N–H and O–H groups in total. The lowest BCUT2D eigenvalue weighted by atomic mass is 9.87. The van der Waals surface area contributed by atoms with Crippen LogP contribution in [0.1, 0.15) is 52.5 Å². The molecule has 1 aromatic carbocycles. The van der Waals surface area contributed by atoms with Gasteiger partial charge in [0.15, 0.2) is 5.79 Å². The average molecular weight is 419 g/mol. The van der Waals surface area contributed by atoms with Crippen molar-refractivity contribution >= 4 is 0 Å². The van der Waals surface area contributed by atoms with Gasteiger partial charge in [0, 0.05) is 6.61 Å². The van der Waals surface area contributed by atoms with Crippen molar-refractivity contribution in [3.05, 3.63) is 54.6 Å². The van der Waals surface area contributed by atoms with E-state index in [0.29, 0.717) is 19.8 Å². The molecule has 1 heterocycles. The summed E-state index contributed by atoms with van der Waals surface area (Å²) < 4.78 is 29.8. The molecule has 1 aliphatic rings. The Morgan fingerprint density at radius 3 is 2.53 bits per heavy atom. The van der Waals surface area contributed by atoms with Gasteiger partial charge in [-0.25, -0.2) is 0 Å². The third-order valence-corrected chi connectivity index (χ3v) is 5.26. The number of hydrogen-bond acceptors (Lipinski definition) is 5. The van der Waals surface area contributed by atoms with E-state index in [9.17, 15) is 0 Å². The van der Waals surface area contributed by atoms with Gasteiger partial charge in [0.2, 0.25) is 0 Å². The molecule has 5 nitrogen and oxygen atoms in total. The summed E-state index contributed by atoms with van der Waals surface area (Å²) in [6.45, 7) is 17.5. The van der Waals surface area contributed by atoms with Crippen molar-refractivity contribution in [2.45, 2.75) is 77.2 Å². The molecule has 0 unspecified atom stereocenters. The van der Waals surface area contributed by atoms with Crippen LogP contribution in [0.5, 0.6) is 5.75 Å². The highest BCUT2D eigenvalue weighted by Gasteiger charge is 2.50. The summed E-state index contributed by atoms with van der Waals surface area (Å²) in [5.74, 6) is 0.203. The summed E-state index contributed by atoms with van der Waals surface area (Å²) in [5, 5.41) is 0. The first kappa shape index (κ1) is 24.6. The Bertz CT molecular complexity index is 681. The van der Waals surface area contributed by atoms with E-state index in [1.807, 2.05) is 45.0 Å². The lowest BCUT2D eigenvalue weighted by Crippen LogP contribution is -2.48.